The van der Waals surface area contributed by atoms with Crippen LogP contribution in [0.3, 0.4) is 0 Å². The maximum atomic E-state index is 4.69. The molecule has 0 saturated heterocycles. The molecule has 0 bridgehead atoms. The maximum absolute atomic E-state index is 4.69. The first-order chi connectivity index (χ1) is 10.7. The van der Waals surface area contributed by atoms with E-state index in [1.807, 2.05) is 14.1 Å². The van der Waals surface area contributed by atoms with E-state index in [9.17, 15) is 0 Å². The lowest BCUT2D eigenvalue weighted by Crippen LogP contribution is -2.27. The van der Waals surface area contributed by atoms with Crippen LogP contribution < -0.4 is 0 Å². The zero-order chi connectivity index (χ0) is 15.4. The van der Waals surface area contributed by atoms with E-state index in [1.165, 1.54) is 25.5 Å². The van der Waals surface area contributed by atoms with Crippen molar-refractivity contribution < 1.29 is 0 Å². The van der Waals surface area contributed by atoms with E-state index in [2.05, 4.69) is 30.2 Å². The van der Waals surface area contributed by atoms with Crippen LogP contribution in [-0.2, 0) is 14.1 Å². The Hall–Kier alpha value is -2.38. The lowest BCUT2D eigenvalue weighted by Gasteiger charge is -2.25. The standard InChI is InChI=1S/C14H20N8/c1-21-13(17-9-19-21)7-15-11-5-3-4-6-12(11)16-8-14-18-10-20-22(14)2/h7-12H,3-6H2,1-2H3. The number of aryl methyl sites for hydroxylation is 2. The van der Waals surface area contributed by atoms with Gasteiger partial charge in [0.15, 0.2) is 11.6 Å². The molecule has 22 heavy (non-hydrogen) atoms. The van der Waals surface area contributed by atoms with Gasteiger partial charge in [-0.25, -0.2) is 19.3 Å². The van der Waals surface area contributed by atoms with Gasteiger partial charge in [0.2, 0.25) is 0 Å². The molecular formula is C14H20N8. The molecule has 1 aliphatic carbocycles. The minimum absolute atomic E-state index is 0.190. The Labute approximate surface area is 129 Å². The molecule has 2 unspecified atom stereocenters. The number of hydrogen-bond acceptors (Lipinski definition) is 6. The van der Waals surface area contributed by atoms with Gasteiger partial charge in [-0.15, -0.1) is 0 Å². The quantitative estimate of drug-likeness (QED) is 0.781. The Morgan fingerprint density at radius 1 is 0.909 bits per heavy atom. The molecule has 1 fully saturated rings. The van der Waals surface area contributed by atoms with E-state index in [4.69, 9.17) is 0 Å². The van der Waals surface area contributed by atoms with E-state index in [-0.39, 0.29) is 12.1 Å². The van der Waals surface area contributed by atoms with E-state index in [0.717, 1.165) is 24.5 Å². The molecule has 8 nitrogen and oxygen atoms in total. The average molecular weight is 300 g/mol. The van der Waals surface area contributed by atoms with E-state index < -0.39 is 0 Å². The van der Waals surface area contributed by atoms with Crippen LogP contribution >= 0.6 is 0 Å². The number of aliphatic imine (C=N–C) groups is 2. The molecule has 0 aromatic carbocycles. The summed E-state index contributed by atoms with van der Waals surface area (Å²) < 4.78 is 3.42. The second kappa shape index (κ2) is 6.59. The molecule has 0 N–H and O–H groups in total. The monoisotopic (exact) mass is 300 g/mol. The van der Waals surface area contributed by atoms with Crippen molar-refractivity contribution in [3.8, 4) is 0 Å². The van der Waals surface area contributed by atoms with Crippen LogP contribution in [0.15, 0.2) is 22.6 Å². The van der Waals surface area contributed by atoms with Gasteiger partial charge < -0.3 is 0 Å². The normalized spacial score (nSPS) is 22.8. The van der Waals surface area contributed by atoms with Gasteiger partial charge in [0.1, 0.15) is 12.7 Å². The lowest BCUT2D eigenvalue weighted by atomic mass is 9.91. The van der Waals surface area contributed by atoms with E-state index in [0.29, 0.717) is 0 Å². The molecule has 1 saturated carbocycles. The van der Waals surface area contributed by atoms with Crippen molar-refractivity contribution in [1.29, 1.82) is 0 Å². The van der Waals surface area contributed by atoms with Gasteiger partial charge >= 0.3 is 0 Å². The fourth-order valence-corrected chi connectivity index (χ4v) is 2.61. The summed E-state index contributed by atoms with van der Waals surface area (Å²) in [4.78, 5) is 17.7. The van der Waals surface area contributed by atoms with Crippen molar-refractivity contribution >= 4 is 12.4 Å². The Morgan fingerprint density at radius 2 is 1.36 bits per heavy atom. The smallest absolute Gasteiger partial charge is 0.168 e. The van der Waals surface area contributed by atoms with Crippen molar-refractivity contribution in [2.75, 3.05) is 0 Å². The first kappa shape index (κ1) is 14.6. The molecule has 116 valence electrons. The molecule has 2 atom stereocenters. The van der Waals surface area contributed by atoms with Gasteiger partial charge in [-0.1, -0.05) is 12.8 Å². The van der Waals surface area contributed by atoms with Crippen molar-refractivity contribution in [2.45, 2.75) is 37.8 Å². The van der Waals surface area contributed by atoms with Gasteiger partial charge in [0.25, 0.3) is 0 Å². The fourth-order valence-electron chi connectivity index (χ4n) is 2.61. The van der Waals surface area contributed by atoms with Gasteiger partial charge in [0, 0.05) is 14.1 Å². The number of rotatable bonds is 4. The van der Waals surface area contributed by atoms with Crippen molar-refractivity contribution in [1.82, 2.24) is 29.5 Å². The highest BCUT2D eigenvalue weighted by Gasteiger charge is 2.23. The summed E-state index contributed by atoms with van der Waals surface area (Å²) in [5.41, 5.74) is 0. The molecule has 0 aliphatic heterocycles. The van der Waals surface area contributed by atoms with E-state index in [1.54, 1.807) is 21.8 Å². The lowest BCUT2D eigenvalue weighted by molar-refractivity contribution is 0.390. The second-order valence-corrected chi connectivity index (χ2v) is 5.46. The molecule has 3 rings (SSSR count). The SMILES string of the molecule is Cn1ncnc1C=NC1CCCCC1N=Cc1ncnn1C. The second-order valence-electron chi connectivity index (χ2n) is 5.46. The highest BCUT2D eigenvalue weighted by atomic mass is 15.3. The van der Waals surface area contributed by atoms with Gasteiger partial charge in [0.05, 0.1) is 24.5 Å². The summed E-state index contributed by atoms with van der Waals surface area (Å²) in [5.74, 6) is 1.53. The molecule has 1 aliphatic rings. The molecule has 2 aromatic rings. The van der Waals surface area contributed by atoms with Crippen LogP contribution in [0.4, 0.5) is 0 Å². The van der Waals surface area contributed by atoms with Crippen LogP contribution in [0.1, 0.15) is 37.3 Å². The number of nitrogens with zero attached hydrogens (tertiary/aromatic N) is 8. The average Bonchev–Trinajstić information content (AvgIpc) is 3.12. The Balaban J connectivity index is 1.71. The van der Waals surface area contributed by atoms with Crippen LogP contribution in [-0.4, -0.2) is 54.0 Å². The summed E-state index contributed by atoms with van der Waals surface area (Å²) in [6, 6.07) is 0.379. The van der Waals surface area contributed by atoms with Crippen molar-refractivity contribution in [3.63, 3.8) is 0 Å². The molecular weight excluding hydrogens is 280 g/mol. The summed E-state index contributed by atoms with van der Waals surface area (Å²) in [6.07, 6.45) is 11.2. The molecule has 8 heteroatoms. The molecule has 0 spiro atoms. The zero-order valence-corrected chi connectivity index (χ0v) is 12.9. The van der Waals surface area contributed by atoms with Crippen molar-refractivity contribution in [3.05, 3.63) is 24.3 Å². The molecule has 2 aromatic heterocycles. The molecule has 2 heterocycles. The van der Waals surface area contributed by atoms with Gasteiger partial charge in [-0.05, 0) is 12.8 Å². The highest BCUT2D eigenvalue weighted by Crippen LogP contribution is 2.23. The fraction of sp³-hybridized carbons (Fsp3) is 0.571. The summed E-state index contributed by atoms with van der Waals surface area (Å²) >= 11 is 0. The predicted molar refractivity (Wildman–Crippen MR) is 83.2 cm³/mol. The summed E-state index contributed by atoms with van der Waals surface area (Å²) in [6.45, 7) is 0. The van der Waals surface area contributed by atoms with Crippen LogP contribution in [0.5, 0.6) is 0 Å². The van der Waals surface area contributed by atoms with Gasteiger partial charge in [-0.2, -0.15) is 10.2 Å². The zero-order valence-electron chi connectivity index (χ0n) is 12.9. The third-order valence-electron chi connectivity index (χ3n) is 3.95. The molecule has 0 amide bonds. The minimum Gasteiger partial charge on any atom is -0.284 e. The predicted octanol–water partition coefficient (Wildman–Crippen LogP) is 0.793. The van der Waals surface area contributed by atoms with E-state index >= 15 is 0 Å². The van der Waals surface area contributed by atoms with Crippen molar-refractivity contribution in [2.24, 2.45) is 24.1 Å². The van der Waals surface area contributed by atoms with Crippen LogP contribution in [0.25, 0.3) is 0 Å². The maximum Gasteiger partial charge on any atom is 0.168 e. The molecule has 0 radical (unpaired) electrons. The third-order valence-corrected chi connectivity index (χ3v) is 3.95. The summed E-state index contributed by atoms with van der Waals surface area (Å²) in [7, 11) is 3.72. The van der Waals surface area contributed by atoms with Gasteiger partial charge in [-0.3, -0.25) is 9.98 Å². The first-order valence-electron chi connectivity index (χ1n) is 7.48. The van der Waals surface area contributed by atoms with Crippen LogP contribution in [0.2, 0.25) is 0 Å². The Kier molecular flexibility index (Phi) is 4.36. The number of aromatic nitrogens is 6. The Bertz CT molecular complexity index is 610. The highest BCUT2D eigenvalue weighted by molar-refractivity contribution is 5.75. The first-order valence-corrected chi connectivity index (χ1v) is 7.48. The topological polar surface area (TPSA) is 86.1 Å². The largest absolute Gasteiger partial charge is 0.284 e. The number of hydrogen-bond donors (Lipinski definition) is 0. The minimum atomic E-state index is 0.190. The summed E-state index contributed by atoms with van der Waals surface area (Å²) in [5, 5.41) is 8.09. The Morgan fingerprint density at radius 3 is 1.73 bits per heavy atom. The van der Waals surface area contributed by atoms with Crippen LogP contribution in [0, 0.1) is 0 Å². The third kappa shape index (κ3) is 3.26.